The molecule has 0 radical (unpaired) electrons. The van der Waals surface area contributed by atoms with Crippen molar-refractivity contribution in [3.63, 3.8) is 0 Å². The van der Waals surface area contributed by atoms with Crippen LogP contribution < -0.4 is 0 Å². The molecule has 1 saturated heterocycles. The first kappa shape index (κ1) is 15.2. The smallest absolute Gasteiger partial charge is 0.131 e. The molecule has 1 heterocycles. The molecule has 0 aromatic heterocycles. The summed E-state index contributed by atoms with van der Waals surface area (Å²) in [5.41, 5.74) is 0.662. The van der Waals surface area contributed by atoms with Gasteiger partial charge in [0.25, 0.3) is 0 Å². The van der Waals surface area contributed by atoms with Crippen molar-refractivity contribution >= 4 is 6.29 Å². The third kappa shape index (κ3) is 3.90. The Morgan fingerprint density at radius 3 is 2.55 bits per heavy atom. The lowest BCUT2D eigenvalue weighted by atomic mass is 9.83. The van der Waals surface area contributed by atoms with Crippen molar-refractivity contribution in [3.8, 4) is 0 Å². The van der Waals surface area contributed by atoms with Gasteiger partial charge in [0.15, 0.2) is 0 Å². The third-order valence-electron chi connectivity index (χ3n) is 4.20. The van der Waals surface area contributed by atoms with E-state index in [-0.39, 0.29) is 0 Å². The highest BCUT2D eigenvalue weighted by molar-refractivity contribution is 5.68. The van der Waals surface area contributed by atoms with E-state index >= 15 is 0 Å². The van der Waals surface area contributed by atoms with Gasteiger partial charge in [0.1, 0.15) is 6.29 Å². The fourth-order valence-electron chi connectivity index (χ4n) is 3.01. The summed E-state index contributed by atoms with van der Waals surface area (Å²) >= 11 is 0. The molecule has 0 saturated carbocycles. The van der Waals surface area contributed by atoms with Crippen molar-refractivity contribution in [1.29, 1.82) is 0 Å². The van der Waals surface area contributed by atoms with Crippen LogP contribution in [0.4, 0.5) is 0 Å². The van der Waals surface area contributed by atoms with Gasteiger partial charge in [0.2, 0.25) is 0 Å². The molecule has 110 valence electrons. The lowest BCUT2D eigenvalue weighted by molar-refractivity contribution is -0.112. The van der Waals surface area contributed by atoms with Crippen molar-refractivity contribution in [2.45, 2.75) is 25.2 Å². The number of aldehydes is 1. The molecule has 1 aliphatic rings. The van der Waals surface area contributed by atoms with Gasteiger partial charge in [-0.25, -0.2) is 0 Å². The van der Waals surface area contributed by atoms with Gasteiger partial charge < -0.3 is 14.4 Å². The van der Waals surface area contributed by atoms with Gasteiger partial charge in [0, 0.05) is 26.3 Å². The number of rotatable bonds is 6. The quantitative estimate of drug-likeness (QED) is 0.747. The Bertz CT molecular complexity index is 414. The van der Waals surface area contributed by atoms with Crippen LogP contribution in [-0.4, -0.2) is 44.5 Å². The molecule has 0 spiro atoms. The van der Waals surface area contributed by atoms with Gasteiger partial charge in [-0.15, -0.1) is 0 Å². The monoisotopic (exact) mass is 275 g/mol. The van der Waals surface area contributed by atoms with Crippen LogP contribution in [0, 0.1) is 5.92 Å². The number of nitrogens with zero attached hydrogens (tertiary/aromatic N) is 1. The van der Waals surface area contributed by atoms with Crippen LogP contribution in [0.15, 0.2) is 30.3 Å². The molecule has 1 aromatic carbocycles. The Morgan fingerprint density at radius 2 is 1.95 bits per heavy atom. The number of carbonyl (C=O) groups excluding carboxylic acids is 1. The van der Waals surface area contributed by atoms with Crippen LogP contribution in [0.25, 0.3) is 0 Å². The van der Waals surface area contributed by atoms with Crippen LogP contribution in [-0.2, 0) is 14.9 Å². The lowest BCUT2D eigenvalue weighted by Gasteiger charge is -2.33. The van der Waals surface area contributed by atoms with E-state index in [1.807, 2.05) is 37.3 Å². The summed E-state index contributed by atoms with van der Waals surface area (Å²) in [6.45, 7) is 5.58. The van der Waals surface area contributed by atoms with Gasteiger partial charge in [-0.1, -0.05) is 30.3 Å². The maximum Gasteiger partial charge on any atom is 0.131 e. The van der Waals surface area contributed by atoms with Gasteiger partial charge in [-0.3, -0.25) is 0 Å². The van der Waals surface area contributed by atoms with E-state index in [0.717, 1.165) is 51.0 Å². The zero-order valence-corrected chi connectivity index (χ0v) is 12.5. The van der Waals surface area contributed by atoms with Crippen molar-refractivity contribution in [3.05, 3.63) is 35.9 Å². The second-order valence-electron chi connectivity index (χ2n) is 6.15. The molecule has 0 aliphatic carbocycles. The van der Waals surface area contributed by atoms with E-state index in [4.69, 9.17) is 4.74 Å². The predicted molar refractivity (Wildman–Crippen MR) is 80.9 cm³/mol. The Morgan fingerprint density at radius 1 is 1.30 bits per heavy atom. The Kier molecular flexibility index (Phi) is 5.32. The third-order valence-corrected chi connectivity index (χ3v) is 4.20. The minimum Gasteiger partial charge on any atom is -0.381 e. The molecule has 1 aliphatic heterocycles. The van der Waals surface area contributed by atoms with Crippen LogP contribution in [0.1, 0.15) is 25.3 Å². The van der Waals surface area contributed by atoms with Crippen molar-refractivity contribution in [1.82, 2.24) is 4.90 Å². The van der Waals surface area contributed by atoms with E-state index in [1.165, 1.54) is 0 Å². The van der Waals surface area contributed by atoms with Gasteiger partial charge in [-0.05, 0) is 38.3 Å². The van der Waals surface area contributed by atoms with E-state index in [0.29, 0.717) is 5.92 Å². The summed E-state index contributed by atoms with van der Waals surface area (Å²) in [4.78, 5) is 13.9. The molecule has 1 unspecified atom stereocenters. The molecule has 1 fully saturated rings. The maximum atomic E-state index is 11.6. The van der Waals surface area contributed by atoms with Crippen LogP contribution in [0.3, 0.4) is 0 Å². The van der Waals surface area contributed by atoms with Crippen LogP contribution >= 0.6 is 0 Å². The van der Waals surface area contributed by atoms with Crippen molar-refractivity contribution in [2.75, 3.05) is 33.4 Å². The molecule has 3 heteroatoms. The second-order valence-corrected chi connectivity index (χ2v) is 6.15. The topological polar surface area (TPSA) is 29.5 Å². The summed E-state index contributed by atoms with van der Waals surface area (Å²) in [5, 5.41) is 0. The fraction of sp³-hybridized carbons (Fsp3) is 0.588. The van der Waals surface area contributed by atoms with Crippen molar-refractivity contribution in [2.24, 2.45) is 5.92 Å². The van der Waals surface area contributed by atoms with Gasteiger partial charge in [0.05, 0.1) is 5.41 Å². The Balaban J connectivity index is 1.96. The number of benzene rings is 1. The Hall–Kier alpha value is -1.19. The van der Waals surface area contributed by atoms with Gasteiger partial charge in [-0.2, -0.15) is 0 Å². The molecule has 1 aromatic rings. The lowest BCUT2D eigenvalue weighted by Crippen LogP contribution is -2.41. The first-order valence-corrected chi connectivity index (χ1v) is 7.42. The highest BCUT2D eigenvalue weighted by Crippen LogP contribution is 2.23. The second kappa shape index (κ2) is 7.00. The standard InChI is InChI=1S/C17H25NO2/c1-17(14-19,16-6-4-3-5-7-16)13-18(2)12-15-8-10-20-11-9-15/h3-7,14-15H,8-13H2,1-2H3. The zero-order valence-electron chi connectivity index (χ0n) is 12.5. The largest absolute Gasteiger partial charge is 0.381 e. The molecule has 20 heavy (non-hydrogen) atoms. The SMILES string of the molecule is CN(CC1CCOCC1)CC(C)(C=O)c1ccccc1. The van der Waals surface area contributed by atoms with E-state index in [9.17, 15) is 4.79 Å². The number of ether oxygens (including phenoxy) is 1. The molecule has 0 bridgehead atoms. The number of hydrogen-bond acceptors (Lipinski definition) is 3. The normalized spacial score (nSPS) is 19.8. The van der Waals surface area contributed by atoms with E-state index < -0.39 is 5.41 Å². The summed E-state index contributed by atoms with van der Waals surface area (Å²) in [6, 6.07) is 10.1. The summed E-state index contributed by atoms with van der Waals surface area (Å²) in [5.74, 6) is 0.695. The highest BCUT2D eigenvalue weighted by Gasteiger charge is 2.28. The molecule has 2 rings (SSSR count). The maximum absolute atomic E-state index is 11.6. The molecular weight excluding hydrogens is 250 g/mol. The van der Waals surface area contributed by atoms with Gasteiger partial charge >= 0.3 is 0 Å². The first-order valence-electron chi connectivity index (χ1n) is 7.42. The highest BCUT2D eigenvalue weighted by atomic mass is 16.5. The van der Waals surface area contributed by atoms with E-state index in [1.54, 1.807) is 0 Å². The number of likely N-dealkylation sites (N-methyl/N-ethyl adjacent to an activating group) is 1. The number of carbonyl (C=O) groups is 1. The van der Waals surface area contributed by atoms with E-state index in [2.05, 4.69) is 11.9 Å². The fourth-order valence-corrected chi connectivity index (χ4v) is 3.01. The summed E-state index contributed by atoms with van der Waals surface area (Å²) < 4.78 is 5.40. The summed E-state index contributed by atoms with van der Waals surface area (Å²) in [6.07, 6.45) is 3.35. The zero-order chi connectivity index (χ0) is 14.4. The number of hydrogen-bond donors (Lipinski definition) is 0. The Labute approximate surface area is 121 Å². The minimum atomic E-state index is -0.429. The molecule has 0 N–H and O–H groups in total. The minimum absolute atomic E-state index is 0.429. The average molecular weight is 275 g/mol. The molecular formula is C17H25NO2. The molecule has 1 atom stereocenters. The summed E-state index contributed by atoms with van der Waals surface area (Å²) in [7, 11) is 2.11. The predicted octanol–water partition coefficient (Wildman–Crippen LogP) is 2.50. The average Bonchev–Trinajstić information content (AvgIpc) is 2.49. The van der Waals surface area contributed by atoms with Crippen molar-refractivity contribution < 1.29 is 9.53 Å². The molecule has 3 nitrogen and oxygen atoms in total. The van der Waals surface area contributed by atoms with Crippen LogP contribution in [0.5, 0.6) is 0 Å². The molecule has 0 amide bonds. The first-order chi connectivity index (χ1) is 9.64. The van der Waals surface area contributed by atoms with Crippen LogP contribution in [0.2, 0.25) is 0 Å².